The van der Waals surface area contributed by atoms with Crippen LogP contribution in [0.2, 0.25) is 0 Å². The Kier molecular flexibility index (Phi) is 6.96. The van der Waals surface area contributed by atoms with Crippen LogP contribution in [-0.2, 0) is 4.79 Å². The number of hydrogen-bond donors (Lipinski definition) is 2. The van der Waals surface area contributed by atoms with Gasteiger partial charge < -0.3 is 4.90 Å². The van der Waals surface area contributed by atoms with Crippen molar-refractivity contribution in [1.29, 1.82) is 5.41 Å². The molecule has 0 spiro atoms. The highest BCUT2D eigenvalue weighted by molar-refractivity contribution is 6.04. The molecule has 3 fully saturated rings. The second-order valence-corrected chi connectivity index (χ2v) is 9.89. The van der Waals surface area contributed by atoms with Gasteiger partial charge in [-0.1, -0.05) is 33.1 Å². The minimum absolute atomic E-state index is 0.108. The lowest BCUT2D eigenvalue weighted by Gasteiger charge is -2.43. The van der Waals surface area contributed by atoms with E-state index in [9.17, 15) is 4.79 Å². The van der Waals surface area contributed by atoms with Crippen LogP contribution in [0.5, 0.6) is 0 Å². The number of likely N-dealkylation sites (tertiary alicyclic amines) is 1. The molecule has 1 amide bonds. The molecule has 0 bridgehead atoms. The van der Waals surface area contributed by atoms with Gasteiger partial charge in [0.15, 0.2) is 0 Å². The lowest BCUT2D eigenvalue weighted by atomic mass is 9.86. The molecular weight excluding hydrogens is 336 g/mol. The van der Waals surface area contributed by atoms with Crippen LogP contribution >= 0.6 is 0 Å². The second kappa shape index (κ2) is 9.04. The zero-order chi connectivity index (χ0) is 19.4. The van der Waals surface area contributed by atoms with Crippen molar-refractivity contribution in [3.8, 4) is 0 Å². The van der Waals surface area contributed by atoms with Gasteiger partial charge in [-0.2, -0.15) is 0 Å². The number of carbonyl (C=O) groups is 1. The molecule has 27 heavy (non-hydrogen) atoms. The zero-order valence-corrected chi connectivity index (χ0v) is 17.7. The zero-order valence-electron chi connectivity index (χ0n) is 17.7. The number of amidine groups is 1. The molecule has 2 heterocycles. The number of piperidine rings is 1. The molecule has 5 heteroatoms. The normalized spacial score (nSPS) is 29.7. The van der Waals surface area contributed by atoms with Gasteiger partial charge in [-0.3, -0.25) is 20.4 Å². The van der Waals surface area contributed by atoms with Gasteiger partial charge in [0.05, 0.1) is 12.1 Å². The van der Waals surface area contributed by atoms with E-state index in [1.807, 2.05) is 6.92 Å². The smallest absolute Gasteiger partial charge is 0.247 e. The Labute approximate surface area is 165 Å². The molecule has 2 aliphatic heterocycles. The van der Waals surface area contributed by atoms with E-state index in [1.165, 1.54) is 38.6 Å². The van der Waals surface area contributed by atoms with Gasteiger partial charge >= 0.3 is 0 Å². The summed E-state index contributed by atoms with van der Waals surface area (Å²) in [7, 11) is 0. The van der Waals surface area contributed by atoms with Crippen molar-refractivity contribution in [2.75, 3.05) is 32.7 Å². The predicted octanol–water partition coefficient (Wildman–Crippen LogP) is 3.49. The van der Waals surface area contributed by atoms with E-state index in [2.05, 4.69) is 24.1 Å². The summed E-state index contributed by atoms with van der Waals surface area (Å²) >= 11 is 0. The highest BCUT2D eigenvalue weighted by Gasteiger charge is 2.42. The Balaban J connectivity index is 1.49. The Morgan fingerprint density at radius 3 is 2.33 bits per heavy atom. The minimum Gasteiger partial charge on any atom is -0.303 e. The molecule has 2 saturated heterocycles. The van der Waals surface area contributed by atoms with Crippen LogP contribution < -0.4 is 5.32 Å². The monoisotopic (exact) mass is 376 g/mol. The average Bonchev–Trinajstić information content (AvgIpc) is 2.64. The highest BCUT2D eigenvalue weighted by Crippen LogP contribution is 2.28. The summed E-state index contributed by atoms with van der Waals surface area (Å²) in [6.45, 7) is 11.2. The Hall–Kier alpha value is -0.940. The van der Waals surface area contributed by atoms with E-state index in [1.54, 1.807) is 4.90 Å². The third kappa shape index (κ3) is 5.32. The lowest BCUT2D eigenvalue weighted by Crippen LogP contribution is -2.66. The summed E-state index contributed by atoms with van der Waals surface area (Å²) in [6, 6.07) is 0. The van der Waals surface area contributed by atoms with Crippen LogP contribution in [0.1, 0.15) is 72.1 Å². The molecule has 1 atom stereocenters. The van der Waals surface area contributed by atoms with Gasteiger partial charge in [0.1, 0.15) is 5.84 Å². The van der Waals surface area contributed by atoms with Crippen LogP contribution in [0.3, 0.4) is 0 Å². The second-order valence-electron chi connectivity index (χ2n) is 9.89. The molecule has 3 aliphatic rings. The van der Waals surface area contributed by atoms with Crippen molar-refractivity contribution in [3.05, 3.63) is 0 Å². The summed E-state index contributed by atoms with van der Waals surface area (Å²) in [4.78, 5) is 17.6. The van der Waals surface area contributed by atoms with E-state index in [0.717, 1.165) is 44.8 Å². The van der Waals surface area contributed by atoms with E-state index >= 15 is 0 Å². The van der Waals surface area contributed by atoms with Crippen molar-refractivity contribution in [1.82, 2.24) is 15.1 Å². The van der Waals surface area contributed by atoms with Crippen molar-refractivity contribution < 1.29 is 4.79 Å². The number of nitrogens with one attached hydrogen (secondary N) is 2. The standard InChI is InChI=1S/C22H40N4O/c1-17(2)13-22(3)21(27)26(20(23)14-24-22)16-19-9-11-25(12-10-19)15-18-7-5-4-6-8-18/h17-19,23-24H,4-16H2,1-3H3. The Bertz CT molecular complexity index is 520. The molecule has 0 aromatic carbocycles. The van der Waals surface area contributed by atoms with Gasteiger partial charge in [-0.05, 0) is 69.9 Å². The minimum atomic E-state index is -0.513. The van der Waals surface area contributed by atoms with E-state index in [4.69, 9.17) is 5.41 Å². The molecule has 154 valence electrons. The van der Waals surface area contributed by atoms with Crippen LogP contribution in [-0.4, -0.2) is 59.8 Å². The number of piperazine rings is 1. The predicted molar refractivity (Wildman–Crippen MR) is 111 cm³/mol. The fraction of sp³-hybridized carbons (Fsp3) is 0.909. The van der Waals surface area contributed by atoms with Gasteiger partial charge in [-0.15, -0.1) is 0 Å². The topological polar surface area (TPSA) is 59.4 Å². The fourth-order valence-electron chi connectivity index (χ4n) is 5.38. The van der Waals surface area contributed by atoms with Crippen molar-refractivity contribution >= 4 is 11.7 Å². The molecule has 1 aliphatic carbocycles. The number of rotatable bonds is 6. The fourth-order valence-corrected chi connectivity index (χ4v) is 5.38. The number of hydrogen-bond acceptors (Lipinski definition) is 4. The van der Waals surface area contributed by atoms with E-state index < -0.39 is 5.54 Å². The number of amides is 1. The molecule has 1 saturated carbocycles. The van der Waals surface area contributed by atoms with Crippen LogP contribution in [0.4, 0.5) is 0 Å². The van der Waals surface area contributed by atoms with Crippen LogP contribution in [0, 0.1) is 23.2 Å². The number of carbonyl (C=O) groups excluding carboxylic acids is 1. The third-order valence-corrected chi connectivity index (χ3v) is 6.89. The maximum atomic E-state index is 13.1. The highest BCUT2D eigenvalue weighted by atomic mass is 16.2. The van der Waals surface area contributed by atoms with Gasteiger partial charge in [-0.25, -0.2) is 0 Å². The summed E-state index contributed by atoms with van der Waals surface area (Å²) < 4.78 is 0. The largest absolute Gasteiger partial charge is 0.303 e. The first-order valence-corrected chi connectivity index (χ1v) is 11.2. The van der Waals surface area contributed by atoms with Crippen molar-refractivity contribution in [2.24, 2.45) is 17.8 Å². The van der Waals surface area contributed by atoms with Crippen molar-refractivity contribution in [2.45, 2.75) is 77.7 Å². The van der Waals surface area contributed by atoms with E-state index in [-0.39, 0.29) is 5.91 Å². The molecule has 3 rings (SSSR count). The van der Waals surface area contributed by atoms with Crippen LogP contribution in [0.25, 0.3) is 0 Å². The van der Waals surface area contributed by atoms with Gasteiger partial charge in [0, 0.05) is 13.1 Å². The first kappa shape index (κ1) is 20.8. The molecule has 0 aromatic heterocycles. The number of nitrogens with zero attached hydrogens (tertiary/aromatic N) is 2. The Morgan fingerprint density at radius 1 is 1.07 bits per heavy atom. The third-order valence-electron chi connectivity index (χ3n) is 6.89. The SMILES string of the molecule is CC(C)CC1(C)NCC(=N)N(CC2CCN(CC3CCCCC3)CC2)C1=O. The van der Waals surface area contributed by atoms with Gasteiger partial charge in [0.25, 0.3) is 0 Å². The average molecular weight is 377 g/mol. The summed E-state index contributed by atoms with van der Waals surface area (Å²) in [5.74, 6) is 2.47. The maximum absolute atomic E-state index is 13.1. The molecule has 0 radical (unpaired) electrons. The van der Waals surface area contributed by atoms with E-state index in [0.29, 0.717) is 24.2 Å². The van der Waals surface area contributed by atoms with Crippen LogP contribution in [0.15, 0.2) is 0 Å². The summed E-state index contributed by atoms with van der Waals surface area (Å²) in [5, 5.41) is 11.6. The Morgan fingerprint density at radius 2 is 1.70 bits per heavy atom. The maximum Gasteiger partial charge on any atom is 0.247 e. The molecule has 0 aromatic rings. The molecule has 5 nitrogen and oxygen atoms in total. The summed E-state index contributed by atoms with van der Waals surface area (Å²) in [6.07, 6.45) is 10.3. The van der Waals surface area contributed by atoms with Crippen molar-refractivity contribution in [3.63, 3.8) is 0 Å². The first-order valence-electron chi connectivity index (χ1n) is 11.2. The molecular formula is C22H40N4O. The quantitative estimate of drug-likeness (QED) is 0.746. The molecule has 2 N–H and O–H groups in total. The lowest BCUT2D eigenvalue weighted by molar-refractivity contribution is -0.136. The molecule has 1 unspecified atom stereocenters. The summed E-state index contributed by atoms with van der Waals surface area (Å²) in [5.41, 5.74) is -0.513. The first-order chi connectivity index (χ1) is 12.9. The van der Waals surface area contributed by atoms with Gasteiger partial charge in [0.2, 0.25) is 5.91 Å².